The van der Waals surface area contributed by atoms with Crippen LogP contribution in [0.15, 0.2) is 12.1 Å². The molecule has 0 bridgehead atoms. The van der Waals surface area contributed by atoms with Gasteiger partial charge in [-0.15, -0.1) is 22.7 Å². The van der Waals surface area contributed by atoms with Crippen LogP contribution in [0.5, 0.6) is 0 Å². The van der Waals surface area contributed by atoms with Crippen molar-refractivity contribution < 1.29 is 9.47 Å². The molecule has 0 aliphatic carbocycles. The zero-order valence-electron chi connectivity index (χ0n) is 12.7. The quantitative estimate of drug-likeness (QED) is 0.684. The molecule has 1 atom stereocenters. The molecule has 21 heavy (non-hydrogen) atoms. The lowest BCUT2D eigenvalue weighted by Crippen LogP contribution is -2.24. The van der Waals surface area contributed by atoms with Crippen LogP contribution in [0.1, 0.15) is 23.6 Å². The van der Waals surface area contributed by atoms with Crippen molar-refractivity contribution in [2.75, 3.05) is 6.61 Å². The molecule has 1 aliphatic heterocycles. The lowest BCUT2D eigenvalue weighted by molar-refractivity contribution is -0.139. The predicted molar refractivity (Wildman–Crippen MR) is 89.6 cm³/mol. The lowest BCUT2D eigenvalue weighted by atomic mass is 10.3. The van der Waals surface area contributed by atoms with E-state index >= 15 is 0 Å². The molecule has 0 spiro atoms. The number of ether oxygens (including phenoxy) is 2. The third kappa shape index (κ3) is 2.23. The van der Waals surface area contributed by atoms with Gasteiger partial charge in [-0.25, -0.2) is 0 Å². The van der Waals surface area contributed by atoms with Gasteiger partial charge < -0.3 is 14.0 Å². The van der Waals surface area contributed by atoms with E-state index in [2.05, 4.69) is 30.5 Å². The van der Waals surface area contributed by atoms with Gasteiger partial charge in [0.25, 0.3) is 0 Å². The molecule has 0 aromatic carbocycles. The number of thiophene rings is 2. The van der Waals surface area contributed by atoms with Crippen molar-refractivity contribution in [2.45, 2.75) is 46.1 Å². The lowest BCUT2D eigenvalue weighted by Gasteiger charge is -2.17. The molecule has 1 saturated heterocycles. The standard InChI is InChI=1S/C16H19NO2S2/c1-9-5-12-14(20-9)15-13(6-10(2)21-15)17(12)7-11-8-18-16(3,4)19-11/h5-6,11H,7-8H2,1-4H3. The zero-order valence-corrected chi connectivity index (χ0v) is 14.4. The molecule has 112 valence electrons. The van der Waals surface area contributed by atoms with Crippen LogP contribution in [0.2, 0.25) is 0 Å². The van der Waals surface area contributed by atoms with Gasteiger partial charge in [0.15, 0.2) is 5.79 Å². The van der Waals surface area contributed by atoms with Crippen LogP contribution in [0, 0.1) is 13.8 Å². The van der Waals surface area contributed by atoms with E-state index in [1.54, 1.807) is 0 Å². The summed E-state index contributed by atoms with van der Waals surface area (Å²) in [5.41, 5.74) is 2.68. The molecular weight excluding hydrogens is 302 g/mol. The Labute approximate surface area is 132 Å². The minimum Gasteiger partial charge on any atom is -0.348 e. The van der Waals surface area contributed by atoms with Crippen molar-refractivity contribution in [3.63, 3.8) is 0 Å². The summed E-state index contributed by atoms with van der Waals surface area (Å²) in [6.45, 7) is 9.85. The molecule has 0 amide bonds. The maximum Gasteiger partial charge on any atom is 0.163 e. The molecule has 0 saturated carbocycles. The van der Waals surface area contributed by atoms with E-state index in [9.17, 15) is 0 Å². The second kappa shape index (κ2) is 4.56. The SMILES string of the molecule is Cc1cc2c(s1)c1sc(C)cc1n2CC1COC(C)(C)O1. The Kier molecular flexibility index (Phi) is 2.99. The van der Waals surface area contributed by atoms with E-state index in [1.807, 2.05) is 36.5 Å². The first-order valence-electron chi connectivity index (χ1n) is 7.23. The molecule has 0 N–H and O–H groups in total. The van der Waals surface area contributed by atoms with Crippen molar-refractivity contribution in [3.8, 4) is 0 Å². The van der Waals surface area contributed by atoms with Gasteiger partial charge in [-0.1, -0.05) is 0 Å². The topological polar surface area (TPSA) is 23.4 Å². The summed E-state index contributed by atoms with van der Waals surface area (Å²) in [5.74, 6) is -0.453. The molecule has 1 fully saturated rings. The van der Waals surface area contributed by atoms with Crippen LogP contribution < -0.4 is 0 Å². The maximum absolute atomic E-state index is 6.00. The van der Waals surface area contributed by atoms with E-state index in [0.717, 1.165) is 6.54 Å². The number of fused-ring (bicyclic) bond motifs is 3. The second-order valence-electron chi connectivity index (χ2n) is 6.20. The maximum atomic E-state index is 6.00. The Morgan fingerprint density at radius 3 is 2.19 bits per heavy atom. The molecule has 3 aromatic rings. The fourth-order valence-corrected chi connectivity index (χ4v) is 5.29. The summed E-state index contributed by atoms with van der Waals surface area (Å²) in [4.78, 5) is 2.73. The summed E-state index contributed by atoms with van der Waals surface area (Å²) < 4.78 is 16.9. The first-order chi connectivity index (χ1) is 9.93. The Morgan fingerprint density at radius 1 is 1.14 bits per heavy atom. The summed E-state index contributed by atoms with van der Waals surface area (Å²) in [6, 6.07) is 4.59. The van der Waals surface area contributed by atoms with Crippen molar-refractivity contribution in [2.24, 2.45) is 0 Å². The molecule has 3 aromatic heterocycles. The zero-order chi connectivity index (χ0) is 14.8. The van der Waals surface area contributed by atoms with E-state index in [1.165, 1.54) is 30.2 Å². The van der Waals surface area contributed by atoms with Gasteiger partial charge in [-0.3, -0.25) is 0 Å². The molecule has 0 radical (unpaired) electrons. The van der Waals surface area contributed by atoms with Crippen molar-refractivity contribution in [1.82, 2.24) is 4.57 Å². The molecule has 4 rings (SSSR count). The third-order valence-corrected chi connectivity index (χ3v) is 6.16. The van der Waals surface area contributed by atoms with Gasteiger partial charge in [0.05, 0.1) is 33.6 Å². The summed E-state index contributed by atoms with van der Waals surface area (Å²) in [5, 5.41) is 0. The molecule has 4 heterocycles. The van der Waals surface area contributed by atoms with Crippen LogP contribution in [0.25, 0.3) is 20.4 Å². The Balaban J connectivity index is 1.81. The van der Waals surface area contributed by atoms with Crippen LogP contribution in [0.4, 0.5) is 0 Å². The van der Waals surface area contributed by atoms with E-state index in [4.69, 9.17) is 9.47 Å². The smallest absolute Gasteiger partial charge is 0.163 e. The van der Waals surface area contributed by atoms with Crippen molar-refractivity contribution in [3.05, 3.63) is 21.9 Å². The Morgan fingerprint density at radius 2 is 1.71 bits per heavy atom. The fraction of sp³-hybridized carbons (Fsp3) is 0.500. The average molecular weight is 321 g/mol. The predicted octanol–water partition coefficient (Wildman–Crippen LogP) is 4.69. The van der Waals surface area contributed by atoms with Crippen molar-refractivity contribution >= 4 is 43.1 Å². The van der Waals surface area contributed by atoms with Crippen LogP contribution in [-0.4, -0.2) is 23.1 Å². The van der Waals surface area contributed by atoms with Crippen LogP contribution in [-0.2, 0) is 16.0 Å². The van der Waals surface area contributed by atoms with E-state index in [-0.39, 0.29) is 6.10 Å². The van der Waals surface area contributed by atoms with Gasteiger partial charge in [0.2, 0.25) is 0 Å². The van der Waals surface area contributed by atoms with E-state index in [0.29, 0.717) is 6.61 Å². The number of rotatable bonds is 2. The van der Waals surface area contributed by atoms with Crippen molar-refractivity contribution in [1.29, 1.82) is 0 Å². The average Bonchev–Trinajstić information content (AvgIpc) is 3.07. The van der Waals surface area contributed by atoms with Crippen LogP contribution >= 0.6 is 22.7 Å². The van der Waals surface area contributed by atoms with Gasteiger partial charge in [-0.05, 0) is 39.8 Å². The highest BCUT2D eigenvalue weighted by atomic mass is 32.1. The normalized spacial score (nSPS) is 21.8. The molecule has 1 aliphatic rings. The summed E-state index contributed by atoms with van der Waals surface area (Å²) in [6.07, 6.45) is 0.124. The summed E-state index contributed by atoms with van der Waals surface area (Å²) in [7, 11) is 0. The minimum atomic E-state index is -0.453. The first kappa shape index (κ1) is 13.8. The highest BCUT2D eigenvalue weighted by Gasteiger charge is 2.33. The Hall–Kier alpha value is -0.880. The van der Waals surface area contributed by atoms with Gasteiger partial charge in [-0.2, -0.15) is 0 Å². The molecule has 1 unspecified atom stereocenters. The van der Waals surface area contributed by atoms with Gasteiger partial charge >= 0.3 is 0 Å². The van der Waals surface area contributed by atoms with Gasteiger partial charge in [0.1, 0.15) is 6.10 Å². The molecule has 3 nitrogen and oxygen atoms in total. The number of hydrogen-bond donors (Lipinski definition) is 0. The molecule has 5 heteroatoms. The minimum absolute atomic E-state index is 0.124. The van der Waals surface area contributed by atoms with Gasteiger partial charge in [0, 0.05) is 9.75 Å². The van der Waals surface area contributed by atoms with Crippen LogP contribution in [0.3, 0.4) is 0 Å². The number of aryl methyl sites for hydroxylation is 2. The highest BCUT2D eigenvalue weighted by molar-refractivity contribution is 7.27. The molecular formula is C16H19NO2S2. The number of nitrogens with zero attached hydrogens (tertiary/aromatic N) is 1. The largest absolute Gasteiger partial charge is 0.348 e. The number of hydrogen-bond acceptors (Lipinski definition) is 4. The highest BCUT2D eigenvalue weighted by Crippen LogP contribution is 2.40. The summed E-state index contributed by atoms with van der Waals surface area (Å²) >= 11 is 3.78. The Bertz CT molecular complexity index is 770. The second-order valence-corrected chi connectivity index (χ2v) is 8.72. The first-order valence-corrected chi connectivity index (χ1v) is 8.87. The third-order valence-electron chi connectivity index (χ3n) is 3.91. The van der Waals surface area contributed by atoms with E-state index < -0.39 is 5.79 Å². The fourth-order valence-electron chi connectivity index (χ4n) is 3.11. The number of aromatic nitrogens is 1. The monoisotopic (exact) mass is 321 g/mol.